The van der Waals surface area contributed by atoms with E-state index in [-0.39, 0.29) is 5.91 Å². The molecule has 0 aromatic heterocycles. The van der Waals surface area contributed by atoms with E-state index in [1.807, 2.05) is 0 Å². The van der Waals surface area contributed by atoms with Gasteiger partial charge in [0.15, 0.2) is 0 Å². The molecule has 0 atom stereocenters. The van der Waals surface area contributed by atoms with E-state index in [2.05, 4.69) is 56.5 Å². The van der Waals surface area contributed by atoms with Gasteiger partial charge in [0, 0.05) is 11.7 Å². The Kier molecular flexibility index (Phi) is 6.01. The number of rotatable bonds is 6. The summed E-state index contributed by atoms with van der Waals surface area (Å²) < 4.78 is 0. The molecule has 22 heavy (non-hydrogen) atoms. The van der Waals surface area contributed by atoms with Crippen molar-refractivity contribution >= 4 is 11.6 Å². The molecule has 1 saturated carbocycles. The van der Waals surface area contributed by atoms with Gasteiger partial charge in [0.1, 0.15) is 0 Å². The van der Waals surface area contributed by atoms with Crippen molar-refractivity contribution in [2.75, 3.05) is 11.9 Å². The second kappa shape index (κ2) is 7.77. The molecule has 0 aliphatic heterocycles. The highest BCUT2D eigenvalue weighted by molar-refractivity contribution is 5.94. The van der Waals surface area contributed by atoms with Crippen LogP contribution >= 0.6 is 0 Å². The van der Waals surface area contributed by atoms with Crippen molar-refractivity contribution in [3.8, 4) is 0 Å². The number of carbonyl (C=O) groups is 1. The molecule has 0 spiro atoms. The van der Waals surface area contributed by atoms with E-state index < -0.39 is 0 Å². The average Bonchev–Trinajstić information content (AvgIpc) is 2.98. The van der Waals surface area contributed by atoms with Crippen molar-refractivity contribution in [1.82, 2.24) is 5.32 Å². The molecule has 0 unspecified atom stereocenters. The first-order chi connectivity index (χ1) is 10.5. The molecule has 1 aliphatic carbocycles. The number of carbonyl (C=O) groups excluding carboxylic acids is 1. The molecule has 0 bridgehead atoms. The largest absolute Gasteiger partial charge is 0.324 e. The molecular weight excluding hydrogens is 272 g/mol. The van der Waals surface area contributed by atoms with Crippen molar-refractivity contribution in [2.45, 2.75) is 71.3 Å². The fraction of sp³-hybridized carbons (Fsp3) is 0.632. The van der Waals surface area contributed by atoms with E-state index in [0.29, 0.717) is 24.4 Å². The predicted octanol–water partition coefficient (Wildman–Crippen LogP) is 4.40. The molecule has 1 aliphatic rings. The number of benzene rings is 1. The van der Waals surface area contributed by atoms with Gasteiger partial charge in [-0.2, -0.15) is 0 Å². The summed E-state index contributed by atoms with van der Waals surface area (Å²) in [4.78, 5) is 12.3. The minimum Gasteiger partial charge on any atom is -0.324 e. The van der Waals surface area contributed by atoms with Crippen LogP contribution in [-0.4, -0.2) is 18.5 Å². The van der Waals surface area contributed by atoms with Crippen LogP contribution in [-0.2, 0) is 4.79 Å². The molecule has 2 rings (SSSR count). The summed E-state index contributed by atoms with van der Waals surface area (Å²) in [6.07, 6.45) is 4.97. The SMILES string of the molecule is CC(C)c1cccc(C(C)C)c1NC(=O)CNC1CCCC1. The van der Waals surface area contributed by atoms with Crippen LogP contribution in [0.5, 0.6) is 0 Å². The summed E-state index contributed by atoms with van der Waals surface area (Å²) in [6.45, 7) is 9.10. The summed E-state index contributed by atoms with van der Waals surface area (Å²) in [6, 6.07) is 6.86. The Morgan fingerprint density at radius 3 is 2.14 bits per heavy atom. The average molecular weight is 302 g/mol. The summed E-state index contributed by atoms with van der Waals surface area (Å²) >= 11 is 0. The number of amides is 1. The standard InChI is InChI=1S/C19H30N2O/c1-13(2)16-10-7-11-17(14(3)4)19(16)21-18(22)12-20-15-8-5-6-9-15/h7,10-11,13-15,20H,5-6,8-9,12H2,1-4H3,(H,21,22). The second-order valence-corrected chi connectivity index (χ2v) is 7.03. The molecule has 3 nitrogen and oxygen atoms in total. The lowest BCUT2D eigenvalue weighted by Crippen LogP contribution is -2.34. The van der Waals surface area contributed by atoms with Gasteiger partial charge in [-0.1, -0.05) is 58.7 Å². The quantitative estimate of drug-likeness (QED) is 0.817. The lowest BCUT2D eigenvalue weighted by Gasteiger charge is -2.20. The van der Waals surface area contributed by atoms with Crippen LogP contribution in [0.4, 0.5) is 5.69 Å². The Bertz CT molecular complexity index is 476. The topological polar surface area (TPSA) is 41.1 Å². The van der Waals surface area contributed by atoms with Crippen LogP contribution in [0.1, 0.15) is 76.3 Å². The molecule has 0 radical (unpaired) electrons. The molecular formula is C19H30N2O. The molecule has 0 saturated heterocycles. The molecule has 122 valence electrons. The number of para-hydroxylation sites is 1. The zero-order valence-electron chi connectivity index (χ0n) is 14.4. The predicted molar refractivity (Wildman–Crippen MR) is 93.5 cm³/mol. The lowest BCUT2D eigenvalue weighted by atomic mass is 9.92. The minimum atomic E-state index is 0.0712. The number of nitrogens with one attached hydrogen (secondary N) is 2. The van der Waals surface area contributed by atoms with Crippen LogP contribution in [0.2, 0.25) is 0 Å². The Labute approximate surface area is 134 Å². The first-order valence-electron chi connectivity index (χ1n) is 8.65. The smallest absolute Gasteiger partial charge is 0.238 e. The van der Waals surface area contributed by atoms with E-state index in [4.69, 9.17) is 0 Å². The van der Waals surface area contributed by atoms with Crippen molar-refractivity contribution in [1.29, 1.82) is 0 Å². The van der Waals surface area contributed by atoms with Gasteiger partial charge in [-0.25, -0.2) is 0 Å². The van der Waals surface area contributed by atoms with Crippen LogP contribution < -0.4 is 10.6 Å². The summed E-state index contributed by atoms with van der Waals surface area (Å²) in [5, 5.41) is 6.55. The normalized spacial score (nSPS) is 15.7. The highest BCUT2D eigenvalue weighted by Gasteiger charge is 2.18. The van der Waals surface area contributed by atoms with Crippen LogP contribution in [0, 0.1) is 0 Å². The summed E-state index contributed by atoms with van der Waals surface area (Å²) in [7, 11) is 0. The van der Waals surface area contributed by atoms with Gasteiger partial charge in [0.25, 0.3) is 0 Å². The molecule has 1 fully saturated rings. The zero-order valence-corrected chi connectivity index (χ0v) is 14.4. The fourth-order valence-electron chi connectivity index (χ4n) is 3.25. The van der Waals surface area contributed by atoms with Crippen molar-refractivity contribution < 1.29 is 4.79 Å². The molecule has 1 amide bonds. The number of anilines is 1. The Morgan fingerprint density at radius 1 is 1.09 bits per heavy atom. The van der Waals surface area contributed by atoms with E-state index in [1.54, 1.807) is 0 Å². The van der Waals surface area contributed by atoms with Crippen molar-refractivity contribution in [3.05, 3.63) is 29.3 Å². The Morgan fingerprint density at radius 2 is 1.64 bits per heavy atom. The van der Waals surface area contributed by atoms with Gasteiger partial charge in [-0.3, -0.25) is 4.79 Å². The number of hydrogen-bond acceptors (Lipinski definition) is 2. The lowest BCUT2D eigenvalue weighted by molar-refractivity contribution is -0.115. The Balaban J connectivity index is 2.07. The Hall–Kier alpha value is -1.35. The molecule has 2 N–H and O–H groups in total. The van der Waals surface area contributed by atoms with E-state index >= 15 is 0 Å². The third kappa shape index (κ3) is 4.33. The van der Waals surface area contributed by atoms with E-state index in [0.717, 1.165) is 5.69 Å². The first-order valence-corrected chi connectivity index (χ1v) is 8.65. The highest BCUT2D eigenvalue weighted by atomic mass is 16.1. The molecule has 3 heteroatoms. The highest BCUT2D eigenvalue weighted by Crippen LogP contribution is 2.32. The van der Waals surface area contributed by atoms with Crippen molar-refractivity contribution in [2.24, 2.45) is 0 Å². The molecule has 1 aromatic rings. The maximum Gasteiger partial charge on any atom is 0.238 e. The van der Waals surface area contributed by atoms with Gasteiger partial charge in [0.2, 0.25) is 5.91 Å². The van der Waals surface area contributed by atoms with Gasteiger partial charge in [0.05, 0.1) is 6.54 Å². The van der Waals surface area contributed by atoms with E-state index in [9.17, 15) is 4.79 Å². The van der Waals surface area contributed by atoms with Crippen LogP contribution in [0.3, 0.4) is 0 Å². The third-order valence-electron chi connectivity index (χ3n) is 4.54. The van der Waals surface area contributed by atoms with Crippen LogP contribution in [0.25, 0.3) is 0 Å². The van der Waals surface area contributed by atoms with Gasteiger partial charge in [-0.05, 0) is 35.8 Å². The second-order valence-electron chi connectivity index (χ2n) is 7.03. The minimum absolute atomic E-state index is 0.0712. The van der Waals surface area contributed by atoms with Crippen molar-refractivity contribution in [3.63, 3.8) is 0 Å². The summed E-state index contributed by atoms with van der Waals surface area (Å²) in [5.41, 5.74) is 3.46. The van der Waals surface area contributed by atoms with E-state index in [1.165, 1.54) is 36.8 Å². The van der Waals surface area contributed by atoms with Gasteiger partial charge < -0.3 is 10.6 Å². The van der Waals surface area contributed by atoms with Crippen LogP contribution in [0.15, 0.2) is 18.2 Å². The zero-order chi connectivity index (χ0) is 16.1. The first kappa shape index (κ1) is 17.0. The maximum absolute atomic E-state index is 12.3. The summed E-state index contributed by atoms with van der Waals surface area (Å²) in [5.74, 6) is 0.871. The fourth-order valence-corrected chi connectivity index (χ4v) is 3.25. The maximum atomic E-state index is 12.3. The molecule has 0 heterocycles. The molecule has 1 aromatic carbocycles. The third-order valence-corrected chi connectivity index (χ3v) is 4.54. The van der Waals surface area contributed by atoms with Gasteiger partial charge >= 0.3 is 0 Å². The number of hydrogen-bond donors (Lipinski definition) is 2. The monoisotopic (exact) mass is 302 g/mol. The van der Waals surface area contributed by atoms with Gasteiger partial charge in [-0.15, -0.1) is 0 Å².